The van der Waals surface area contributed by atoms with Gasteiger partial charge in [0.05, 0.1) is 30.8 Å². The Hall–Kier alpha value is -2.94. The van der Waals surface area contributed by atoms with E-state index in [0.29, 0.717) is 48.1 Å². The van der Waals surface area contributed by atoms with E-state index in [1.807, 2.05) is 37.8 Å². The molecule has 178 valence electrons. The van der Waals surface area contributed by atoms with Crippen LogP contribution in [0, 0.1) is 11.3 Å². The van der Waals surface area contributed by atoms with Gasteiger partial charge in [0.2, 0.25) is 11.8 Å². The number of thiazole rings is 1. The Balaban J connectivity index is 1.44. The number of para-hydroxylation sites is 2. The number of nitrogens with one attached hydrogen (secondary N) is 1. The first kappa shape index (κ1) is 24.7. The molecule has 1 aliphatic heterocycles. The van der Waals surface area contributed by atoms with Gasteiger partial charge >= 0.3 is 5.97 Å². The van der Waals surface area contributed by atoms with Gasteiger partial charge in [-0.3, -0.25) is 14.4 Å². The van der Waals surface area contributed by atoms with E-state index in [4.69, 9.17) is 9.47 Å². The van der Waals surface area contributed by atoms with Crippen LogP contribution in [-0.4, -0.2) is 47.9 Å². The van der Waals surface area contributed by atoms with Crippen LogP contribution in [0.4, 0.5) is 5.69 Å². The Kier molecular flexibility index (Phi) is 8.07. The lowest BCUT2D eigenvalue weighted by Gasteiger charge is -2.34. The fraction of sp³-hybridized carbons (Fsp3) is 0.500. The maximum absolute atomic E-state index is 12.5. The van der Waals surface area contributed by atoms with Crippen molar-refractivity contribution in [1.82, 2.24) is 9.88 Å². The second kappa shape index (κ2) is 10.8. The second-order valence-electron chi connectivity index (χ2n) is 9.08. The molecule has 1 aromatic heterocycles. The summed E-state index contributed by atoms with van der Waals surface area (Å²) < 4.78 is 10.7. The van der Waals surface area contributed by atoms with Gasteiger partial charge in [0.15, 0.2) is 0 Å². The van der Waals surface area contributed by atoms with Gasteiger partial charge in [0.25, 0.3) is 0 Å². The summed E-state index contributed by atoms with van der Waals surface area (Å²) in [4.78, 5) is 43.4. The molecule has 0 saturated carbocycles. The number of ether oxygens (including phenoxy) is 2. The van der Waals surface area contributed by atoms with Gasteiger partial charge in [0.1, 0.15) is 17.4 Å². The fourth-order valence-corrected chi connectivity index (χ4v) is 4.41. The molecule has 8 nitrogen and oxygen atoms in total. The van der Waals surface area contributed by atoms with Crippen LogP contribution in [0.15, 0.2) is 29.6 Å². The summed E-state index contributed by atoms with van der Waals surface area (Å²) in [6.07, 6.45) is 1.33. The lowest BCUT2D eigenvalue weighted by Crippen LogP contribution is -2.45. The van der Waals surface area contributed by atoms with Gasteiger partial charge in [-0.05, 0) is 25.0 Å². The molecule has 1 N–H and O–H groups in total. The number of carbonyl (C=O) groups excluding carboxylic acids is 3. The number of rotatable bonds is 7. The SMILES string of the molecule is COc1ccccc1NC(=O)Cc1nc(COC(=O)C2CCN(C(=O)C(C)(C)C)CC2)cs1. The van der Waals surface area contributed by atoms with E-state index < -0.39 is 5.41 Å². The maximum Gasteiger partial charge on any atom is 0.309 e. The van der Waals surface area contributed by atoms with Crippen molar-refractivity contribution in [1.29, 1.82) is 0 Å². The molecule has 1 aromatic carbocycles. The van der Waals surface area contributed by atoms with E-state index in [1.54, 1.807) is 24.6 Å². The Bertz CT molecular complexity index is 990. The van der Waals surface area contributed by atoms with Gasteiger partial charge in [-0.2, -0.15) is 0 Å². The fourth-order valence-electron chi connectivity index (χ4n) is 3.63. The third-order valence-corrected chi connectivity index (χ3v) is 6.31. The lowest BCUT2D eigenvalue weighted by atomic mass is 9.91. The van der Waals surface area contributed by atoms with Gasteiger partial charge < -0.3 is 19.7 Å². The average molecular weight is 474 g/mol. The van der Waals surface area contributed by atoms with Crippen LogP contribution in [0.5, 0.6) is 5.75 Å². The highest BCUT2D eigenvalue weighted by atomic mass is 32.1. The third-order valence-electron chi connectivity index (χ3n) is 5.41. The number of hydrogen-bond acceptors (Lipinski definition) is 7. The number of carbonyl (C=O) groups is 3. The normalized spacial score (nSPS) is 14.6. The van der Waals surface area contributed by atoms with E-state index in [1.165, 1.54) is 11.3 Å². The molecule has 0 atom stereocenters. The second-order valence-corrected chi connectivity index (χ2v) is 10.0. The van der Waals surface area contributed by atoms with E-state index in [0.717, 1.165) is 0 Å². The van der Waals surface area contributed by atoms with Gasteiger partial charge in [0, 0.05) is 23.9 Å². The number of likely N-dealkylation sites (tertiary alicyclic amines) is 1. The standard InChI is InChI=1S/C24H31N3O5S/c1-24(2,3)23(30)27-11-9-16(10-12-27)22(29)32-14-17-15-33-21(25-17)13-20(28)26-18-7-5-6-8-19(18)31-4/h5-8,15-16H,9-14H2,1-4H3,(H,26,28). The molecule has 1 fully saturated rings. The molecule has 3 rings (SSSR count). The minimum atomic E-state index is -0.417. The van der Waals surface area contributed by atoms with Crippen LogP contribution in [0.1, 0.15) is 44.3 Å². The summed E-state index contributed by atoms with van der Waals surface area (Å²) in [5, 5.41) is 5.26. The number of amides is 2. The Morgan fingerprint density at radius 3 is 2.55 bits per heavy atom. The van der Waals surface area contributed by atoms with Crippen LogP contribution >= 0.6 is 11.3 Å². The minimum Gasteiger partial charge on any atom is -0.495 e. The summed E-state index contributed by atoms with van der Waals surface area (Å²) in [6, 6.07) is 7.20. The average Bonchev–Trinajstić information content (AvgIpc) is 3.23. The highest BCUT2D eigenvalue weighted by molar-refractivity contribution is 7.09. The largest absolute Gasteiger partial charge is 0.495 e. The molecule has 0 spiro atoms. The molecule has 2 heterocycles. The highest BCUT2D eigenvalue weighted by Gasteiger charge is 2.33. The van der Waals surface area contributed by atoms with E-state index in [2.05, 4.69) is 10.3 Å². The van der Waals surface area contributed by atoms with E-state index in [-0.39, 0.29) is 36.7 Å². The highest BCUT2D eigenvalue weighted by Crippen LogP contribution is 2.25. The Labute approximate surface area is 198 Å². The van der Waals surface area contributed by atoms with Gasteiger partial charge in [-0.25, -0.2) is 4.98 Å². The van der Waals surface area contributed by atoms with Gasteiger partial charge in [-0.1, -0.05) is 32.9 Å². The monoisotopic (exact) mass is 473 g/mol. The number of nitrogens with zero attached hydrogens (tertiary/aromatic N) is 2. The number of methoxy groups -OCH3 is 1. The van der Waals surface area contributed by atoms with Crippen LogP contribution in [-0.2, 0) is 32.1 Å². The number of anilines is 1. The van der Waals surface area contributed by atoms with Crippen LogP contribution < -0.4 is 10.1 Å². The van der Waals surface area contributed by atoms with Crippen molar-refractivity contribution in [2.24, 2.45) is 11.3 Å². The molecule has 0 aliphatic carbocycles. The Morgan fingerprint density at radius 2 is 1.88 bits per heavy atom. The summed E-state index contributed by atoms with van der Waals surface area (Å²) in [7, 11) is 1.55. The van der Waals surface area contributed by atoms with E-state index in [9.17, 15) is 14.4 Å². The predicted molar refractivity (Wildman–Crippen MR) is 126 cm³/mol. The summed E-state index contributed by atoms with van der Waals surface area (Å²) >= 11 is 1.35. The van der Waals surface area contributed by atoms with Gasteiger partial charge in [-0.15, -0.1) is 11.3 Å². The van der Waals surface area contributed by atoms with Crippen molar-refractivity contribution in [3.8, 4) is 5.75 Å². The molecule has 1 aliphatic rings. The molecule has 2 aromatic rings. The molecule has 1 saturated heterocycles. The molecule has 0 radical (unpaired) electrons. The summed E-state index contributed by atoms with van der Waals surface area (Å²) in [5.74, 6) is 0.0271. The lowest BCUT2D eigenvalue weighted by molar-refractivity contribution is -0.154. The molecule has 0 bridgehead atoms. The molecule has 33 heavy (non-hydrogen) atoms. The molecular weight excluding hydrogens is 442 g/mol. The smallest absolute Gasteiger partial charge is 0.309 e. The van der Waals surface area contributed by atoms with Crippen molar-refractivity contribution in [3.63, 3.8) is 0 Å². The molecular formula is C24H31N3O5S. The van der Waals surface area contributed by atoms with Crippen molar-refractivity contribution in [3.05, 3.63) is 40.3 Å². The number of piperidine rings is 1. The molecule has 2 amide bonds. The van der Waals surface area contributed by atoms with Crippen LogP contribution in [0.25, 0.3) is 0 Å². The number of esters is 1. The zero-order chi connectivity index (χ0) is 24.0. The number of benzene rings is 1. The van der Waals surface area contributed by atoms with Crippen molar-refractivity contribution < 1.29 is 23.9 Å². The first-order valence-corrected chi connectivity index (χ1v) is 11.9. The van der Waals surface area contributed by atoms with Crippen molar-refractivity contribution >= 4 is 34.8 Å². The summed E-state index contributed by atoms with van der Waals surface area (Å²) in [5.41, 5.74) is 0.805. The first-order valence-electron chi connectivity index (χ1n) is 11.0. The summed E-state index contributed by atoms with van der Waals surface area (Å²) in [6.45, 7) is 6.92. The minimum absolute atomic E-state index is 0.0740. The quantitative estimate of drug-likeness (QED) is 0.617. The molecule has 0 unspecified atom stereocenters. The van der Waals surface area contributed by atoms with Crippen molar-refractivity contribution in [2.45, 2.75) is 46.6 Å². The number of aromatic nitrogens is 1. The predicted octanol–water partition coefficient (Wildman–Crippen LogP) is 3.66. The van der Waals surface area contributed by atoms with E-state index >= 15 is 0 Å². The maximum atomic E-state index is 12.5. The first-order chi connectivity index (χ1) is 15.7. The topological polar surface area (TPSA) is 97.8 Å². The Morgan fingerprint density at radius 1 is 1.18 bits per heavy atom. The third kappa shape index (κ3) is 6.77. The van der Waals surface area contributed by atoms with Crippen molar-refractivity contribution in [2.75, 3.05) is 25.5 Å². The molecule has 9 heteroatoms. The van der Waals surface area contributed by atoms with Crippen LogP contribution in [0.3, 0.4) is 0 Å². The zero-order valence-corrected chi connectivity index (χ0v) is 20.4. The zero-order valence-electron chi connectivity index (χ0n) is 19.6. The number of hydrogen-bond donors (Lipinski definition) is 1. The van der Waals surface area contributed by atoms with Crippen LogP contribution in [0.2, 0.25) is 0 Å².